The minimum Gasteiger partial charge on any atom is -0.0622 e. The Hall–Kier alpha value is -2.34. The molecule has 3 aromatic carbocycles. The first-order valence-electron chi connectivity index (χ1n) is 9.09. The van der Waals surface area contributed by atoms with Crippen LogP contribution in [0.4, 0.5) is 0 Å². The second-order valence-corrected chi connectivity index (χ2v) is 6.89. The Balaban J connectivity index is 1.57. The highest BCUT2D eigenvalue weighted by atomic mass is 14.3. The maximum Gasteiger partial charge on any atom is 0.00923 e. The van der Waals surface area contributed by atoms with Crippen molar-refractivity contribution in [3.63, 3.8) is 0 Å². The van der Waals surface area contributed by atoms with Crippen LogP contribution in [0.2, 0.25) is 0 Å². The molecule has 0 radical (unpaired) electrons. The van der Waals surface area contributed by atoms with Gasteiger partial charge in [0.05, 0.1) is 0 Å². The summed E-state index contributed by atoms with van der Waals surface area (Å²) >= 11 is 0. The number of hydrogen-bond acceptors (Lipinski definition) is 0. The number of hydrogen-bond donors (Lipinski definition) is 0. The second-order valence-electron chi connectivity index (χ2n) is 6.89. The minimum atomic E-state index is 0.565. The summed E-state index contributed by atoms with van der Waals surface area (Å²) in [6.07, 6.45) is 4.99. The summed E-state index contributed by atoms with van der Waals surface area (Å²) in [5, 5.41) is 0. The van der Waals surface area contributed by atoms with E-state index in [1.165, 1.54) is 36.8 Å². The number of fused-ring (bicyclic) bond motifs is 1. The lowest BCUT2D eigenvalue weighted by Gasteiger charge is -2.32. The van der Waals surface area contributed by atoms with Gasteiger partial charge >= 0.3 is 0 Å². The zero-order chi connectivity index (χ0) is 16.2. The molecule has 1 aliphatic carbocycles. The Morgan fingerprint density at radius 2 is 1.25 bits per heavy atom. The van der Waals surface area contributed by atoms with Gasteiger partial charge in [0.25, 0.3) is 0 Å². The van der Waals surface area contributed by atoms with Crippen LogP contribution in [-0.4, -0.2) is 0 Å². The SMILES string of the molecule is c1ccc(CC[C@@H]2CC[C@@H](c3ccccc3)c3ccccc32)cc1. The average Bonchev–Trinajstić information content (AvgIpc) is 2.67. The van der Waals surface area contributed by atoms with Gasteiger partial charge in [0.15, 0.2) is 0 Å². The second kappa shape index (κ2) is 7.05. The molecular weight excluding hydrogens is 288 g/mol. The monoisotopic (exact) mass is 312 g/mol. The third-order valence-corrected chi connectivity index (χ3v) is 5.44. The average molecular weight is 312 g/mol. The van der Waals surface area contributed by atoms with Gasteiger partial charge in [0.2, 0.25) is 0 Å². The Kier molecular flexibility index (Phi) is 4.46. The Morgan fingerprint density at radius 1 is 0.625 bits per heavy atom. The highest BCUT2D eigenvalue weighted by Gasteiger charge is 2.27. The van der Waals surface area contributed by atoms with Crippen molar-refractivity contribution in [2.45, 2.75) is 37.5 Å². The van der Waals surface area contributed by atoms with Crippen LogP contribution in [0.3, 0.4) is 0 Å². The third kappa shape index (κ3) is 3.14. The fourth-order valence-corrected chi connectivity index (χ4v) is 4.20. The molecule has 0 fully saturated rings. The molecule has 0 amide bonds. The summed E-state index contributed by atoms with van der Waals surface area (Å²) in [7, 11) is 0. The summed E-state index contributed by atoms with van der Waals surface area (Å²) in [5.74, 6) is 1.26. The summed E-state index contributed by atoms with van der Waals surface area (Å²) in [6, 6.07) is 31.0. The minimum absolute atomic E-state index is 0.565. The van der Waals surface area contributed by atoms with Gasteiger partial charge in [-0.25, -0.2) is 0 Å². The van der Waals surface area contributed by atoms with Crippen molar-refractivity contribution in [1.82, 2.24) is 0 Å². The van der Waals surface area contributed by atoms with Crippen LogP contribution in [0, 0.1) is 0 Å². The number of aryl methyl sites for hydroxylation is 1. The lowest BCUT2D eigenvalue weighted by molar-refractivity contribution is 0.492. The molecule has 0 aromatic heterocycles. The molecular formula is C24H24. The lowest BCUT2D eigenvalue weighted by atomic mass is 9.72. The van der Waals surface area contributed by atoms with Gasteiger partial charge in [-0.15, -0.1) is 0 Å². The van der Waals surface area contributed by atoms with E-state index in [0.717, 1.165) is 0 Å². The van der Waals surface area contributed by atoms with Crippen LogP contribution >= 0.6 is 0 Å². The van der Waals surface area contributed by atoms with Gasteiger partial charge in [-0.1, -0.05) is 84.9 Å². The van der Waals surface area contributed by atoms with Crippen LogP contribution in [0.25, 0.3) is 0 Å². The molecule has 0 aliphatic heterocycles. The molecule has 1 aliphatic rings. The zero-order valence-corrected chi connectivity index (χ0v) is 14.1. The first-order valence-corrected chi connectivity index (χ1v) is 9.09. The van der Waals surface area contributed by atoms with E-state index in [9.17, 15) is 0 Å². The molecule has 0 saturated carbocycles. The molecule has 0 N–H and O–H groups in total. The van der Waals surface area contributed by atoms with E-state index in [-0.39, 0.29) is 0 Å². The highest BCUT2D eigenvalue weighted by molar-refractivity contribution is 5.42. The Morgan fingerprint density at radius 3 is 2.00 bits per heavy atom. The fourth-order valence-electron chi connectivity index (χ4n) is 4.20. The van der Waals surface area contributed by atoms with Crippen LogP contribution in [-0.2, 0) is 6.42 Å². The Labute approximate surface area is 145 Å². The molecule has 0 nitrogen and oxygen atoms in total. The highest BCUT2D eigenvalue weighted by Crippen LogP contribution is 2.43. The van der Waals surface area contributed by atoms with E-state index in [1.54, 1.807) is 11.1 Å². The third-order valence-electron chi connectivity index (χ3n) is 5.44. The maximum absolute atomic E-state index is 2.36. The molecule has 0 heteroatoms. The Bertz CT molecular complexity index is 773. The zero-order valence-electron chi connectivity index (χ0n) is 14.1. The van der Waals surface area contributed by atoms with Gasteiger partial charge in [-0.2, -0.15) is 0 Å². The molecule has 2 atom stereocenters. The molecule has 120 valence electrons. The van der Waals surface area contributed by atoms with E-state index in [1.807, 2.05) is 0 Å². The first-order chi connectivity index (χ1) is 11.9. The molecule has 0 unspecified atom stereocenters. The molecule has 4 rings (SSSR count). The van der Waals surface area contributed by atoms with E-state index >= 15 is 0 Å². The van der Waals surface area contributed by atoms with Crippen molar-refractivity contribution in [3.8, 4) is 0 Å². The normalized spacial score (nSPS) is 19.7. The largest absolute Gasteiger partial charge is 0.0622 e. The van der Waals surface area contributed by atoms with Crippen molar-refractivity contribution in [2.75, 3.05) is 0 Å². The van der Waals surface area contributed by atoms with Crippen molar-refractivity contribution in [1.29, 1.82) is 0 Å². The van der Waals surface area contributed by atoms with E-state index in [0.29, 0.717) is 11.8 Å². The molecule has 0 spiro atoms. The van der Waals surface area contributed by atoms with E-state index in [4.69, 9.17) is 0 Å². The van der Waals surface area contributed by atoms with Crippen LogP contribution in [0.1, 0.15) is 53.4 Å². The predicted octanol–water partition coefficient (Wildman–Crippen LogP) is 6.33. The number of benzene rings is 3. The molecule has 0 heterocycles. The summed E-state index contributed by atoms with van der Waals surface area (Å²) in [4.78, 5) is 0. The first kappa shape index (κ1) is 15.2. The van der Waals surface area contributed by atoms with Crippen LogP contribution in [0.5, 0.6) is 0 Å². The molecule has 3 aromatic rings. The van der Waals surface area contributed by atoms with E-state index < -0.39 is 0 Å². The van der Waals surface area contributed by atoms with Crippen LogP contribution in [0.15, 0.2) is 84.9 Å². The van der Waals surface area contributed by atoms with Gasteiger partial charge < -0.3 is 0 Å². The summed E-state index contributed by atoms with van der Waals surface area (Å²) < 4.78 is 0. The van der Waals surface area contributed by atoms with Gasteiger partial charge in [-0.05, 0) is 53.9 Å². The van der Waals surface area contributed by atoms with Crippen molar-refractivity contribution >= 4 is 0 Å². The van der Waals surface area contributed by atoms with E-state index in [2.05, 4.69) is 84.9 Å². The summed E-state index contributed by atoms with van der Waals surface area (Å²) in [6.45, 7) is 0. The fraction of sp³-hybridized carbons (Fsp3) is 0.250. The van der Waals surface area contributed by atoms with Crippen molar-refractivity contribution in [3.05, 3.63) is 107 Å². The maximum atomic E-state index is 2.36. The summed E-state index contributed by atoms with van der Waals surface area (Å²) in [5.41, 5.74) is 6.05. The quantitative estimate of drug-likeness (QED) is 0.528. The lowest BCUT2D eigenvalue weighted by Crippen LogP contribution is -2.16. The standard InChI is InChI=1S/C24H24/c1-3-9-19(10-4-1)15-16-21-17-18-23(20-11-5-2-6-12-20)24-14-8-7-13-22(21)24/h1-14,21,23H,15-18H2/t21-,23+/m1/s1. The van der Waals surface area contributed by atoms with Gasteiger partial charge in [-0.3, -0.25) is 0 Å². The topological polar surface area (TPSA) is 0 Å². The van der Waals surface area contributed by atoms with Gasteiger partial charge in [0, 0.05) is 5.92 Å². The molecule has 0 saturated heterocycles. The van der Waals surface area contributed by atoms with Gasteiger partial charge in [0.1, 0.15) is 0 Å². The molecule has 24 heavy (non-hydrogen) atoms. The smallest absolute Gasteiger partial charge is 0.00923 e. The molecule has 0 bridgehead atoms. The predicted molar refractivity (Wildman–Crippen MR) is 101 cm³/mol. The van der Waals surface area contributed by atoms with Crippen molar-refractivity contribution in [2.24, 2.45) is 0 Å². The van der Waals surface area contributed by atoms with Crippen molar-refractivity contribution < 1.29 is 0 Å². The number of rotatable bonds is 4. The van der Waals surface area contributed by atoms with Crippen LogP contribution < -0.4 is 0 Å².